The predicted octanol–water partition coefficient (Wildman–Crippen LogP) is 0.636. The molecule has 0 unspecified atom stereocenters. The van der Waals surface area contributed by atoms with Crippen LogP contribution in [0, 0.1) is 5.41 Å². The van der Waals surface area contributed by atoms with E-state index in [1.165, 1.54) is 0 Å². The fourth-order valence-electron chi connectivity index (χ4n) is 1.22. The van der Waals surface area contributed by atoms with Gasteiger partial charge in [0.25, 0.3) is 0 Å². The van der Waals surface area contributed by atoms with E-state index in [-0.39, 0.29) is 5.96 Å². The summed E-state index contributed by atoms with van der Waals surface area (Å²) in [6.07, 6.45) is 0. The summed E-state index contributed by atoms with van der Waals surface area (Å²) in [5.41, 5.74) is 9.92. The number of nitrogens with one attached hydrogen (secondary N) is 1. The molecule has 0 aliphatic rings. The molecule has 0 saturated carbocycles. The van der Waals surface area contributed by atoms with E-state index in [4.69, 9.17) is 5.41 Å². The zero-order valence-corrected chi connectivity index (χ0v) is 11.4. The third kappa shape index (κ3) is 7.10. The van der Waals surface area contributed by atoms with Crippen LogP contribution in [0.15, 0.2) is 35.3 Å². The van der Waals surface area contributed by atoms with Crippen LogP contribution < -0.4 is 11.5 Å². The highest BCUT2D eigenvalue weighted by Gasteiger charge is 2.03. The van der Waals surface area contributed by atoms with Gasteiger partial charge < -0.3 is 21.3 Å². The van der Waals surface area contributed by atoms with Gasteiger partial charge in [-0.3, -0.25) is 5.41 Å². The molecule has 1 rings (SSSR count). The largest absolute Gasteiger partial charge is 0.370 e. The van der Waals surface area contributed by atoms with E-state index >= 15 is 0 Å². The van der Waals surface area contributed by atoms with Crippen LogP contribution in [0.25, 0.3) is 0 Å². The maximum atomic E-state index is 6.06. The van der Waals surface area contributed by atoms with Crippen molar-refractivity contribution < 1.29 is 0 Å². The number of nitrogens with two attached hydrogens (primary N) is 2. The van der Waals surface area contributed by atoms with Crippen LogP contribution >= 0.6 is 0 Å². The minimum Gasteiger partial charge on any atom is -0.370 e. The number of hydrogen-bond donors (Lipinski definition) is 3. The Hall–Kier alpha value is -2.24. The van der Waals surface area contributed by atoms with Crippen molar-refractivity contribution in [1.82, 2.24) is 9.80 Å². The predicted molar refractivity (Wildman–Crippen MR) is 77.0 cm³/mol. The Morgan fingerprint density at radius 2 is 1.39 bits per heavy atom. The number of hydrogen-bond acceptors (Lipinski definition) is 2. The maximum absolute atomic E-state index is 6.06. The molecule has 6 nitrogen and oxygen atoms in total. The van der Waals surface area contributed by atoms with Crippen molar-refractivity contribution in [2.24, 2.45) is 16.5 Å². The molecule has 0 aliphatic heterocycles. The second-order valence-corrected chi connectivity index (χ2v) is 3.99. The van der Waals surface area contributed by atoms with Crippen molar-refractivity contribution in [2.75, 3.05) is 28.2 Å². The lowest BCUT2D eigenvalue weighted by atomic mass is 10.3. The normalized spacial score (nSPS) is 8.67. The van der Waals surface area contributed by atoms with Crippen LogP contribution in [0.2, 0.25) is 0 Å². The first-order valence-electron chi connectivity index (χ1n) is 5.42. The minimum absolute atomic E-state index is 0.333. The molecule has 0 bridgehead atoms. The van der Waals surface area contributed by atoms with Crippen molar-refractivity contribution in [3.63, 3.8) is 0 Å². The summed E-state index contributed by atoms with van der Waals surface area (Å²) in [6, 6.07) is 9.95. The van der Waals surface area contributed by atoms with Crippen LogP contribution in [0.1, 0.15) is 0 Å². The van der Waals surface area contributed by atoms with E-state index < -0.39 is 0 Å². The van der Waals surface area contributed by atoms with Gasteiger partial charge in [0, 0.05) is 28.2 Å². The smallest absolute Gasteiger partial charge is 0.200 e. The first kappa shape index (κ1) is 15.8. The van der Waals surface area contributed by atoms with E-state index in [9.17, 15) is 0 Å². The molecule has 0 aliphatic carbocycles. The maximum Gasteiger partial charge on any atom is 0.200 e. The Balaban J connectivity index is 0.000000631. The van der Waals surface area contributed by atoms with Crippen LogP contribution in [0.5, 0.6) is 0 Å². The molecular weight excluding hydrogens is 228 g/mol. The summed E-state index contributed by atoms with van der Waals surface area (Å²) in [7, 11) is 7.95. The minimum atomic E-state index is -0.333. The Morgan fingerprint density at radius 3 is 1.72 bits per heavy atom. The van der Waals surface area contributed by atoms with E-state index in [0.29, 0.717) is 0 Å². The van der Waals surface area contributed by atoms with E-state index in [1.54, 1.807) is 0 Å². The highest BCUT2D eigenvalue weighted by Crippen LogP contribution is 2.10. The van der Waals surface area contributed by atoms with Crippen LogP contribution in [0.3, 0.4) is 0 Å². The van der Waals surface area contributed by atoms with E-state index in [0.717, 1.165) is 11.6 Å². The molecule has 0 amide bonds. The Bertz CT molecular complexity index is 369. The number of nitrogens with zero attached hydrogens (tertiary/aromatic N) is 3. The second-order valence-electron chi connectivity index (χ2n) is 3.99. The molecule has 100 valence electrons. The number of para-hydroxylation sites is 1. The first-order chi connectivity index (χ1) is 8.34. The van der Waals surface area contributed by atoms with Crippen molar-refractivity contribution in [3.8, 4) is 0 Å². The van der Waals surface area contributed by atoms with Gasteiger partial charge in [-0.2, -0.15) is 0 Å². The average Bonchev–Trinajstić information content (AvgIpc) is 2.25. The van der Waals surface area contributed by atoms with Crippen molar-refractivity contribution in [1.29, 1.82) is 5.41 Å². The Kier molecular flexibility index (Phi) is 6.95. The Labute approximate surface area is 108 Å². The third-order valence-electron chi connectivity index (χ3n) is 1.79. The molecule has 1 aromatic carbocycles. The molecule has 18 heavy (non-hydrogen) atoms. The fourth-order valence-corrected chi connectivity index (χ4v) is 1.22. The van der Waals surface area contributed by atoms with E-state index in [1.807, 2.05) is 68.3 Å². The number of aliphatic imine (C=N–C) groups is 1. The zero-order chi connectivity index (χ0) is 14.1. The molecule has 0 spiro atoms. The fraction of sp³-hybridized carbons (Fsp3) is 0.333. The van der Waals surface area contributed by atoms with Crippen molar-refractivity contribution in [3.05, 3.63) is 30.3 Å². The van der Waals surface area contributed by atoms with Gasteiger partial charge >= 0.3 is 0 Å². The summed E-state index contributed by atoms with van der Waals surface area (Å²) in [4.78, 5) is 8.51. The molecule has 0 fully saturated rings. The molecule has 5 N–H and O–H groups in total. The number of guanidine groups is 2. The number of rotatable bonds is 1. The molecule has 0 heterocycles. The topological polar surface area (TPSA) is 94.7 Å². The summed E-state index contributed by atoms with van der Waals surface area (Å²) in [5, 5.41) is 6.06. The van der Waals surface area contributed by atoms with Crippen molar-refractivity contribution in [2.45, 2.75) is 0 Å². The van der Waals surface area contributed by atoms with Gasteiger partial charge in [-0.25, -0.2) is 4.99 Å². The summed E-state index contributed by atoms with van der Waals surface area (Å²) in [5.74, 6) is 0.608. The Morgan fingerprint density at radius 1 is 1.00 bits per heavy atom. The van der Waals surface area contributed by atoms with Gasteiger partial charge in [0.05, 0.1) is 5.69 Å². The standard InChI is InChI=1S/C11H17N3.CH5N3/c1-13(2)11(14(3)4)12-10-8-6-5-7-9-10;2-1(3)4/h5-9H,1-4H3;(H5,2,3,4). The van der Waals surface area contributed by atoms with Crippen molar-refractivity contribution >= 4 is 17.6 Å². The van der Waals surface area contributed by atoms with E-state index in [2.05, 4.69) is 16.5 Å². The molecular formula is C12H22N6. The quantitative estimate of drug-likeness (QED) is 0.503. The molecule has 0 saturated heterocycles. The SMILES string of the molecule is CN(C)C(=Nc1ccccc1)N(C)C.N=C(N)N. The first-order valence-corrected chi connectivity index (χ1v) is 5.42. The van der Waals surface area contributed by atoms with Gasteiger partial charge in [0.2, 0.25) is 5.96 Å². The lowest BCUT2D eigenvalue weighted by Crippen LogP contribution is -2.35. The van der Waals surface area contributed by atoms with Crippen LogP contribution in [0.4, 0.5) is 5.69 Å². The van der Waals surface area contributed by atoms with Gasteiger partial charge in [-0.1, -0.05) is 18.2 Å². The number of benzene rings is 1. The van der Waals surface area contributed by atoms with Crippen LogP contribution in [-0.4, -0.2) is 49.9 Å². The van der Waals surface area contributed by atoms with Crippen LogP contribution in [-0.2, 0) is 0 Å². The average molecular weight is 250 g/mol. The van der Waals surface area contributed by atoms with Gasteiger partial charge in [0.15, 0.2) is 5.96 Å². The molecule has 1 aromatic rings. The zero-order valence-electron chi connectivity index (χ0n) is 11.4. The van der Waals surface area contributed by atoms with Gasteiger partial charge in [-0.15, -0.1) is 0 Å². The molecule has 0 radical (unpaired) electrons. The summed E-state index contributed by atoms with van der Waals surface area (Å²) >= 11 is 0. The lowest BCUT2D eigenvalue weighted by Gasteiger charge is -2.22. The lowest BCUT2D eigenvalue weighted by molar-refractivity contribution is 0.484. The molecule has 0 aromatic heterocycles. The molecule has 0 atom stereocenters. The summed E-state index contributed by atoms with van der Waals surface area (Å²) < 4.78 is 0. The summed E-state index contributed by atoms with van der Waals surface area (Å²) in [6.45, 7) is 0. The second kappa shape index (κ2) is 7.94. The van der Waals surface area contributed by atoms with Gasteiger partial charge in [0.1, 0.15) is 0 Å². The highest BCUT2D eigenvalue weighted by atomic mass is 15.3. The highest BCUT2D eigenvalue weighted by molar-refractivity contribution is 5.81. The monoisotopic (exact) mass is 250 g/mol. The molecule has 6 heteroatoms. The van der Waals surface area contributed by atoms with Gasteiger partial charge in [-0.05, 0) is 12.1 Å². The third-order valence-corrected chi connectivity index (χ3v) is 1.79.